The Morgan fingerprint density at radius 1 is 1.26 bits per heavy atom. The molecule has 0 radical (unpaired) electrons. The van der Waals surface area contributed by atoms with Gasteiger partial charge in [-0.1, -0.05) is 13.0 Å². The third kappa shape index (κ3) is 3.13. The van der Waals surface area contributed by atoms with Crippen LogP contribution in [0.2, 0.25) is 0 Å². The molecule has 2 rings (SSSR count). The van der Waals surface area contributed by atoms with Crippen LogP contribution in [0.25, 0.3) is 0 Å². The number of hydrogen-bond donors (Lipinski definition) is 1. The molecule has 1 aliphatic rings. The van der Waals surface area contributed by atoms with E-state index in [2.05, 4.69) is 0 Å². The van der Waals surface area contributed by atoms with E-state index in [1.807, 2.05) is 13.0 Å². The Bertz CT molecular complexity index is 538. The van der Waals surface area contributed by atoms with Gasteiger partial charge < -0.3 is 5.73 Å². The zero-order valence-electron chi connectivity index (χ0n) is 11.1. The summed E-state index contributed by atoms with van der Waals surface area (Å²) in [7, 11) is -3.36. The summed E-state index contributed by atoms with van der Waals surface area (Å²) in [5, 5.41) is 0. The summed E-state index contributed by atoms with van der Waals surface area (Å²) in [5.74, 6) is 1.74. The van der Waals surface area contributed by atoms with Crippen LogP contribution >= 0.6 is 11.8 Å². The van der Waals surface area contributed by atoms with Crippen molar-refractivity contribution in [3.8, 4) is 0 Å². The maximum Gasteiger partial charge on any atom is 0.243 e. The van der Waals surface area contributed by atoms with Gasteiger partial charge >= 0.3 is 0 Å². The van der Waals surface area contributed by atoms with Crippen molar-refractivity contribution in [2.75, 3.05) is 24.6 Å². The lowest BCUT2D eigenvalue weighted by molar-refractivity contribution is 0.443. The summed E-state index contributed by atoms with van der Waals surface area (Å²) in [6.07, 6.45) is 0.868. The second kappa shape index (κ2) is 6.26. The fourth-order valence-corrected chi connectivity index (χ4v) is 4.86. The van der Waals surface area contributed by atoms with E-state index in [0.29, 0.717) is 24.5 Å². The Labute approximate surface area is 119 Å². The lowest BCUT2D eigenvalue weighted by Gasteiger charge is -2.26. The average Bonchev–Trinajstić information content (AvgIpc) is 2.47. The van der Waals surface area contributed by atoms with E-state index in [9.17, 15) is 8.42 Å². The van der Waals surface area contributed by atoms with Crippen molar-refractivity contribution in [2.45, 2.75) is 24.8 Å². The molecule has 2 N–H and O–H groups in total. The highest BCUT2D eigenvalue weighted by Crippen LogP contribution is 2.22. The van der Waals surface area contributed by atoms with Crippen LogP contribution in [0, 0.1) is 0 Å². The van der Waals surface area contributed by atoms with E-state index in [1.165, 1.54) is 0 Å². The van der Waals surface area contributed by atoms with Crippen molar-refractivity contribution in [3.05, 3.63) is 29.3 Å². The lowest BCUT2D eigenvalue weighted by atomic mass is 10.1. The number of thioether (sulfide) groups is 1. The normalized spacial score (nSPS) is 17.6. The van der Waals surface area contributed by atoms with Crippen LogP contribution in [0.3, 0.4) is 0 Å². The molecule has 1 aliphatic heterocycles. The molecule has 0 unspecified atom stereocenters. The minimum absolute atomic E-state index is 0.372. The van der Waals surface area contributed by atoms with Gasteiger partial charge in [0.1, 0.15) is 0 Å². The van der Waals surface area contributed by atoms with Crippen LogP contribution in [0.15, 0.2) is 23.1 Å². The predicted molar refractivity (Wildman–Crippen MR) is 79.8 cm³/mol. The summed E-state index contributed by atoms with van der Waals surface area (Å²) in [6, 6.07) is 5.32. The Morgan fingerprint density at radius 3 is 2.53 bits per heavy atom. The first-order valence-electron chi connectivity index (χ1n) is 6.49. The average molecular weight is 300 g/mol. The van der Waals surface area contributed by atoms with Gasteiger partial charge in [-0.2, -0.15) is 16.1 Å². The summed E-state index contributed by atoms with van der Waals surface area (Å²) >= 11 is 1.80. The SMILES string of the molecule is CCc1ccc(S(=O)(=O)N2CCSCC2)cc1CN. The summed E-state index contributed by atoms with van der Waals surface area (Å²) in [6.45, 7) is 3.62. The predicted octanol–water partition coefficient (Wildman–Crippen LogP) is 1.45. The lowest BCUT2D eigenvalue weighted by Crippen LogP contribution is -2.37. The molecule has 0 aromatic heterocycles. The van der Waals surface area contributed by atoms with E-state index in [0.717, 1.165) is 29.1 Å². The molecule has 0 saturated carbocycles. The highest BCUT2D eigenvalue weighted by Gasteiger charge is 2.26. The third-order valence-electron chi connectivity index (χ3n) is 3.39. The van der Waals surface area contributed by atoms with Crippen molar-refractivity contribution in [2.24, 2.45) is 5.73 Å². The molecule has 0 aliphatic carbocycles. The molecule has 0 amide bonds. The fourth-order valence-electron chi connectivity index (χ4n) is 2.23. The van der Waals surface area contributed by atoms with Crippen LogP contribution < -0.4 is 5.73 Å². The van der Waals surface area contributed by atoms with E-state index in [1.54, 1.807) is 28.2 Å². The number of benzene rings is 1. The summed E-state index contributed by atoms with van der Waals surface area (Å²) < 4.78 is 26.6. The first-order chi connectivity index (χ1) is 9.09. The van der Waals surface area contributed by atoms with Crippen molar-refractivity contribution in [1.82, 2.24) is 4.31 Å². The van der Waals surface area contributed by atoms with Crippen LogP contribution in [0.5, 0.6) is 0 Å². The van der Waals surface area contributed by atoms with Gasteiger partial charge in [0, 0.05) is 31.1 Å². The second-order valence-electron chi connectivity index (χ2n) is 4.50. The first kappa shape index (κ1) is 14.8. The highest BCUT2D eigenvalue weighted by molar-refractivity contribution is 7.99. The Hall–Kier alpha value is -0.560. The zero-order valence-corrected chi connectivity index (χ0v) is 12.8. The van der Waals surface area contributed by atoms with Crippen LogP contribution in [-0.4, -0.2) is 37.3 Å². The molecular weight excluding hydrogens is 280 g/mol. The molecule has 0 spiro atoms. The number of nitrogens with zero attached hydrogens (tertiary/aromatic N) is 1. The molecular formula is C13H20N2O2S2. The van der Waals surface area contributed by atoms with E-state index >= 15 is 0 Å². The van der Waals surface area contributed by atoms with E-state index < -0.39 is 10.0 Å². The van der Waals surface area contributed by atoms with Gasteiger partial charge in [-0.15, -0.1) is 0 Å². The molecule has 0 bridgehead atoms. The standard InChI is InChI=1S/C13H20N2O2S2/c1-2-11-3-4-13(9-12(11)10-14)19(16,17)15-5-7-18-8-6-15/h3-4,9H,2,5-8,10,14H2,1H3. The monoisotopic (exact) mass is 300 g/mol. The van der Waals surface area contributed by atoms with E-state index in [4.69, 9.17) is 5.73 Å². The Balaban J connectivity index is 2.34. The summed E-state index contributed by atoms with van der Waals surface area (Å²) in [4.78, 5) is 0.372. The number of sulfonamides is 1. The number of hydrogen-bond acceptors (Lipinski definition) is 4. The van der Waals surface area contributed by atoms with Gasteiger partial charge in [0.05, 0.1) is 4.90 Å². The summed E-state index contributed by atoms with van der Waals surface area (Å²) in [5.41, 5.74) is 7.75. The van der Waals surface area contributed by atoms with Gasteiger partial charge in [0.15, 0.2) is 0 Å². The highest BCUT2D eigenvalue weighted by atomic mass is 32.2. The quantitative estimate of drug-likeness (QED) is 0.914. The van der Waals surface area contributed by atoms with Crippen LogP contribution in [0.4, 0.5) is 0 Å². The molecule has 1 fully saturated rings. The smallest absolute Gasteiger partial charge is 0.243 e. The molecule has 0 atom stereocenters. The largest absolute Gasteiger partial charge is 0.326 e. The van der Waals surface area contributed by atoms with Crippen molar-refractivity contribution < 1.29 is 8.42 Å². The van der Waals surface area contributed by atoms with E-state index in [-0.39, 0.29) is 0 Å². The zero-order chi connectivity index (χ0) is 13.9. The molecule has 106 valence electrons. The number of rotatable bonds is 4. The van der Waals surface area contributed by atoms with Gasteiger partial charge in [-0.25, -0.2) is 8.42 Å². The first-order valence-corrected chi connectivity index (χ1v) is 9.09. The van der Waals surface area contributed by atoms with Crippen molar-refractivity contribution in [1.29, 1.82) is 0 Å². The third-order valence-corrected chi connectivity index (χ3v) is 6.22. The minimum atomic E-state index is -3.36. The molecule has 19 heavy (non-hydrogen) atoms. The number of nitrogens with two attached hydrogens (primary N) is 1. The maximum absolute atomic E-state index is 12.5. The minimum Gasteiger partial charge on any atom is -0.326 e. The maximum atomic E-state index is 12.5. The van der Waals surface area contributed by atoms with Gasteiger partial charge in [-0.05, 0) is 29.7 Å². The van der Waals surface area contributed by atoms with Crippen LogP contribution in [0.1, 0.15) is 18.1 Å². The van der Waals surface area contributed by atoms with Gasteiger partial charge in [0.25, 0.3) is 0 Å². The second-order valence-corrected chi connectivity index (χ2v) is 7.67. The molecule has 4 nitrogen and oxygen atoms in total. The molecule has 1 aromatic rings. The fraction of sp³-hybridized carbons (Fsp3) is 0.538. The Kier molecular flexibility index (Phi) is 4.89. The molecule has 1 heterocycles. The molecule has 1 aromatic carbocycles. The van der Waals surface area contributed by atoms with Crippen molar-refractivity contribution >= 4 is 21.8 Å². The van der Waals surface area contributed by atoms with Crippen molar-refractivity contribution in [3.63, 3.8) is 0 Å². The molecule has 6 heteroatoms. The van der Waals surface area contributed by atoms with Crippen LogP contribution in [-0.2, 0) is 23.0 Å². The molecule has 1 saturated heterocycles. The van der Waals surface area contributed by atoms with Gasteiger partial charge in [0.2, 0.25) is 10.0 Å². The van der Waals surface area contributed by atoms with Gasteiger partial charge in [-0.3, -0.25) is 0 Å². The topological polar surface area (TPSA) is 63.4 Å². The number of aryl methyl sites for hydroxylation is 1. The Morgan fingerprint density at radius 2 is 1.95 bits per heavy atom.